The number of hydrogen-bond acceptors (Lipinski definition) is 3. The summed E-state index contributed by atoms with van der Waals surface area (Å²) in [5.74, 6) is -0.253. The second-order valence-corrected chi connectivity index (χ2v) is 5.43. The third kappa shape index (κ3) is 4.85. The molecule has 0 saturated carbocycles. The van der Waals surface area contributed by atoms with Crippen molar-refractivity contribution in [1.29, 1.82) is 0 Å². The molecule has 0 radical (unpaired) electrons. The zero-order valence-corrected chi connectivity index (χ0v) is 13.5. The van der Waals surface area contributed by atoms with Crippen molar-refractivity contribution < 1.29 is 9.59 Å². The van der Waals surface area contributed by atoms with Crippen molar-refractivity contribution in [2.24, 2.45) is 0 Å². The van der Waals surface area contributed by atoms with E-state index in [2.05, 4.69) is 16.0 Å². The number of carbonyl (C=O) groups excluding carboxylic acids is 2. The van der Waals surface area contributed by atoms with Crippen LogP contribution in [0.4, 0.5) is 17.1 Å². The number of anilines is 3. The number of rotatable bonds is 5. The van der Waals surface area contributed by atoms with Gasteiger partial charge < -0.3 is 16.0 Å². The van der Waals surface area contributed by atoms with E-state index in [1.165, 1.54) is 6.92 Å². The van der Waals surface area contributed by atoms with Crippen LogP contribution in [-0.2, 0) is 9.59 Å². The maximum absolute atomic E-state index is 12.3. The molecule has 0 bridgehead atoms. The second kappa shape index (κ2) is 7.45. The van der Waals surface area contributed by atoms with Crippen molar-refractivity contribution in [3.05, 3.63) is 54.1 Å². The molecule has 0 aliphatic heterocycles. The van der Waals surface area contributed by atoms with Gasteiger partial charge in [-0.05, 0) is 43.7 Å². The first-order chi connectivity index (χ1) is 11.0. The number of carbonyl (C=O) groups is 2. The normalized spacial score (nSPS) is 11.4. The number of hydrogen-bond donors (Lipinski definition) is 3. The van der Waals surface area contributed by atoms with Crippen LogP contribution in [0.5, 0.6) is 0 Å². The molecule has 120 valence electrons. The molecule has 0 spiro atoms. The Balaban J connectivity index is 2.01. The zero-order valence-electron chi connectivity index (χ0n) is 13.5. The highest BCUT2D eigenvalue weighted by Crippen LogP contribution is 2.17. The maximum Gasteiger partial charge on any atom is 0.246 e. The predicted octanol–water partition coefficient (Wildman–Crippen LogP) is 3.39. The summed E-state index contributed by atoms with van der Waals surface area (Å²) in [6, 6.07) is 14.5. The van der Waals surface area contributed by atoms with Crippen molar-refractivity contribution in [1.82, 2.24) is 0 Å². The molecule has 1 atom stereocenters. The summed E-state index contributed by atoms with van der Waals surface area (Å²) in [4.78, 5) is 23.4. The van der Waals surface area contributed by atoms with Gasteiger partial charge in [0.15, 0.2) is 0 Å². The van der Waals surface area contributed by atoms with Crippen LogP contribution >= 0.6 is 0 Å². The molecule has 23 heavy (non-hydrogen) atoms. The van der Waals surface area contributed by atoms with Gasteiger partial charge >= 0.3 is 0 Å². The van der Waals surface area contributed by atoms with Gasteiger partial charge in [-0.3, -0.25) is 9.59 Å². The van der Waals surface area contributed by atoms with Crippen molar-refractivity contribution >= 4 is 28.9 Å². The number of amides is 2. The molecular weight excluding hydrogens is 290 g/mol. The molecule has 2 aromatic carbocycles. The monoisotopic (exact) mass is 311 g/mol. The van der Waals surface area contributed by atoms with E-state index in [0.29, 0.717) is 5.69 Å². The Morgan fingerprint density at radius 1 is 0.957 bits per heavy atom. The van der Waals surface area contributed by atoms with E-state index < -0.39 is 6.04 Å². The first-order valence-electron chi connectivity index (χ1n) is 7.46. The zero-order chi connectivity index (χ0) is 16.8. The Morgan fingerprint density at radius 3 is 2.35 bits per heavy atom. The lowest BCUT2D eigenvalue weighted by molar-refractivity contribution is -0.116. The third-order valence-corrected chi connectivity index (χ3v) is 3.36. The summed E-state index contributed by atoms with van der Waals surface area (Å²) in [5, 5.41) is 8.75. The summed E-state index contributed by atoms with van der Waals surface area (Å²) in [5.41, 5.74) is 3.27. The smallest absolute Gasteiger partial charge is 0.246 e. The van der Waals surface area contributed by atoms with Gasteiger partial charge in [0.1, 0.15) is 6.04 Å². The average Bonchev–Trinajstić information content (AvgIpc) is 2.49. The van der Waals surface area contributed by atoms with Crippen molar-refractivity contribution in [3.63, 3.8) is 0 Å². The van der Waals surface area contributed by atoms with Crippen molar-refractivity contribution in [3.8, 4) is 0 Å². The molecule has 0 saturated heterocycles. The fraction of sp³-hybridized carbons (Fsp3) is 0.222. The van der Waals surface area contributed by atoms with Crippen LogP contribution in [0.1, 0.15) is 19.4 Å². The summed E-state index contributed by atoms with van der Waals surface area (Å²) in [6.07, 6.45) is 0. The lowest BCUT2D eigenvalue weighted by Gasteiger charge is -2.17. The third-order valence-electron chi connectivity index (χ3n) is 3.36. The maximum atomic E-state index is 12.3. The van der Waals surface area contributed by atoms with Crippen LogP contribution in [0, 0.1) is 6.92 Å². The molecule has 2 aromatic rings. The Labute approximate surface area is 136 Å². The van der Waals surface area contributed by atoms with Gasteiger partial charge in [-0.25, -0.2) is 0 Å². The second-order valence-electron chi connectivity index (χ2n) is 5.43. The van der Waals surface area contributed by atoms with E-state index in [1.54, 1.807) is 19.1 Å². The highest BCUT2D eigenvalue weighted by molar-refractivity contribution is 5.97. The number of para-hydroxylation sites is 1. The van der Waals surface area contributed by atoms with E-state index in [4.69, 9.17) is 0 Å². The molecule has 0 aliphatic carbocycles. The first-order valence-corrected chi connectivity index (χ1v) is 7.46. The van der Waals surface area contributed by atoms with Crippen LogP contribution in [0.3, 0.4) is 0 Å². The molecule has 0 aromatic heterocycles. The molecule has 2 amide bonds. The van der Waals surface area contributed by atoms with Gasteiger partial charge in [0.25, 0.3) is 0 Å². The fourth-order valence-corrected chi connectivity index (χ4v) is 2.16. The lowest BCUT2D eigenvalue weighted by atomic mass is 10.2. The first kappa shape index (κ1) is 16.5. The van der Waals surface area contributed by atoms with Crippen LogP contribution in [0.25, 0.3) is 0 Å². The van der Waals surface area contributed by atoms with E-state index >= 15 is 0 Å². The Hall–Kier alpha value is -2.82. The van der Waals surface area contributed by atoms with E-state index in [1.807, 2.05) is 43.3 Å². The summed E-state index contributed by atoms with van der Waals surface area (Å²) in [6.45, 7) is 5.20. The SMILES string of the molecule is CC(=O)Nc1cccc(N[C@H](C)C(=O)Nc2ccccc2C)c1. The molecule has 2 rings (SSSR count). The van der Waals surface area contributed by atoms with Gasteiger partial charge in [0, 0.05) is 24.0 Å². The Kier molecular flexibility index (Phi) is 5.36. The minimum atomic E-state index is -0.415. The molecule has 3 N–H and O–H groups in total. The van der Waals surface area contributed by atoms with Gasteiger partial charge in [-0.1, -0.05) is 24.3 Å². The highest BCUT2D eigenvalue weighted by Gasteiger charge is 2.13. The van der Waals surface area contributed by atoms with Crippen molar-refractivity contribution in [2.45, 2.75) is 26.8 Å². The van der Waals surface area contributed by atoms with Gasteiger partial charge in [-0.15, -0.1) is 0 Å². The summed E-state index contributed by atoms with van der Waals surface area (Å²) < 4.78 is 0. The minimum absolute atomic E-state index is 0.121. The van der Waals surface area contributed by atoms with Crippen LogP contribution in [0.2, 0.25) is 0 Å². The van der Waals surface area contributed by atoms with Gasteiger partial charge in [-0.2, -0.15) is 0 Å². The molecule has 5 nitrogen and oxygen atoms in total. The molecule has 0 heterocycles. The predicted molar refractivity (Wildman–Crippen MR) is 93.6 cm³/mol. The van der Waals surface area contributed by atoms with Crippen LogP contribution in [0.15, 0.2) is 48.5 Å². The number of benzene rings is 2. The molecule has 0 unspecified atom stereocenters. The minimum Gasteiger partial charge on any atom is -0.374 e. The standard InChI is InChI=1S/C18H21N3O2/c1-12-7-4-5-10-17(12)21-18(23)13(2)19-15-8-6-9-16(11-15)20-14(3)22/h4-11,13,19H,1-3H3,(H,20,22)(H,21,23)/t13-/m1/s1. The lowest BCUT2D eigenvalue weighted by Crippen LogP contribution is -2.32. The van der Waals surface area contributed by atoms with E-state index in [-0.39, 0.29) is 11.8 Å². The topological polar surface area (TPSA) is 70.2 Å². The van der Waals surface area contributed by atoms with Crippen molar-refractivity contribution in [2.75, 3.05) is 16.0 Å². The summed E-state index contributed by atoms with van der Waals surface area (Å²) >= 11 is 0. The van der Waals surface area contributed by atoms with Gasteiger partial charge in [0.05, 0.1) is 0 Å². The quantitative estimate of drug-likeness (QED) is 0.792. The number of aryl methyl sites for hydroxylation is 1. The van der Waals surface area contributed by atoms with Gasteiger partial charge in [0.2, 0.25) is 11.8 Å². The van der Waals surface area contributed by atoms with E-state index in [0.717, 1.165) is 16.9 Å². The Bertz CT molecular complexity index is 713. The fourth-order valence-electron chi connectivity index (χ4n) is 2.16. The summed E-state index contributed by atoms with van der Waals surface area (Å²) in [7, 11) is 0. The average molecular weight is 311 g/mol. The van der Waals surface area contributed by atoms with Crippen LogP contribution < -0.4 is 16.0 Å². The molecular formula is C18H21N3O2. The molecule has 0 aliphatic rings. The van der Waals surface area contributed by atoms with Crippen LogP contribution in [-0.4, -0.2) is 17.9 Å². The largest absolute Gasteiger partial charge is 0.374 e. The molecule has 0 fully saturated rings. The van der Waals surface area contributed by atoms with E-state index in [9.17, 15) is 9.59 Å². The Morgan fingerprint density at radius 2 is 1.65 bits per heavy atom. The molecule has 5 heteroatoms. The highest BCUT2D eigenvalue weighted by atomic mass is 16.2. The number of nitrogens with one attached hydrogen (secondary N) is 3.